The topological polar surface area (TPSA) is 84.5 Å². The number of nitrogens with one attached hydrogen (secondary N) is 2. The molecule has 1 aromatic carbocycles. The fraction of sp³-hybridized carbons (Fsp3) is 0.133. The molecule has 0 aliphatic carbocycles. The molecule has 0 aliphatic heterocycles. The summed E-state index contributed by atoms with van der Waals surface area (Å²) in [5.74, 6) is -1.68. The SMILES string of the molecule is O=C(COC(=O)CNC(=O)c1cccs1)Nc1cc(Cl)ccc1Cl. The van der Waals surface area contributed by atoms with Gasteiger partial charge in [0.1, 0.15) is 6.54 Å². The predicted molar refractivity (Wildman–Crippen MR) is 92.7 cm³/mol. The van der Waals surface area contributed by atoms with Gasteiger partial charge in [-0.2, -0.15) is 0 Å². The van der Waals surface area contributed by atoms with Gasteiger partial charge >= 0.3 is 5.97 Å². The van der Waals surface area contributed by atoms with E-state index in [0.717, 1.165) is 0 Å². The van der Waals surface area contributed by atoms with Crippen molar-refractivity contribution in [3.8, 4) is 0 Å². The molecule has 2 aromatic rings. The van der Waals surface area contributed by atoms with Gasteiger partial charge in [-0.05, 0) is 29.6 Å². The standard InChI is InChI=1S/C15H12Cl2N2O4S/c16-9-3-4-10(17)11(6-9)19-13(20)8-23-14(21)7-18-15(22)12-2-1-5-24-12/h1-6H,7-8H2,(H,18,22)(H,19,20). The Hall–Kier alpha value is -2.09. The number of carbonyl (C=O) groups is 3. The highest BCUT2D eigenvalue weighted by Gasteiger charge is 2.12. The van der Waals surface area contributed by atoms with Crippen molar-refractivity contribution in [3.63, 3.8) is 0 Å². The Morgan fingerprint density at radius 1 is 1.17 bits per heavy atom. The van der Waals surface area contributed by atoms with Crippen LogP contribution >= 0.6 is 34.5 Å². The third-order valence-corrected chi connectivity index (χ3v) is 4.14. The molecule has 0 bridgehead atoms. The second kappa shape index (κ2) is 8.68. The number of ether oxygens (including phenoxy) is 1. The van der Waals surface area contributed by atoms with Gasteiger partial charge in [0.2, 0.25) is 0 Å². The fourth-order valence-electron chi connectivity index (χ4n) is 1.62. The van der Waals surface area contributed by atoms with Gasteiger partial charge < -0.3 is 15.4 Å². The molecule has 2 rings (SSSR count). The molecule has 0 atom stereocenters. The number of anilines is 1. The first-order chi connectivity index (χ1) is 11.5. The molecule has 0 saturated carbocycles. The third-order valence-electron chi connectivity index (χ3n) is 2.70. The summed E-state index contributed by atoms with van der Waals surface area (Å²) in [7, 11) is 0. The van der Waals surface area contributed by atoms with E-state index in [4.69, 9.17) is 27.9 Å². The van der Waals surface area contributed by atoms with Crippen LogP contribution < -0.4 is 10.6 Å². The maximum absolute atomic E-state index is 11.7. The van der Waals surface area contributed by atoms with E-state index >= 15 is 0 Å². The third kappa shape index (κ3) is 5.52. The summed E-state index contributed by atoms with van der Waals surface area (Å²) >= 11 is 13.0. The van der Waals surface area contributed by atoms with E-state index in [0.29, 0.717) is 20.6 Å². The lowest BCUT2D eigenvalue weighted by Gasteiger charge is -2.08. The lowest BCUT2D eigenvalue weighted by Crippen LogP contribution is -2.31. The number of thiophene rings is 1. The maximum atomic E-state index is 11.7. The van der Waals surface area contributed by atoms with Gasteiger partial charge in [-0.25, -0.2) is 0 Å². The first-order valence-electron chi connectivity index (χ1n) is 6.68. The van der Waals surface area contributed by atoms with Crippen molar-refractivity contribution in [2.24, 2.45) is 0 Å². The number of rotatable bonds is 6. The van der Waals surface area contributed by atoms with Gasteiger partial charge in [-0.3, -0.25) is 14.4 Å². The van der Waals surface area contributed by atoms with Gasteiger partial charge in [0.25, 0.3) is 11.8 Å². The maximum Gasteiger partial charge on any atom is 0.325 e. The smallest absolute Gasteiger partial charge is 0.325 e. The number of hydrogen-bond donors (Lipinski definition) is 2. The fourth-order valence-corrected chi connectivity index (χ4v) is 2.60. The van der Waals surface area contributed by atoms with Crippen LogP contribution in [0.2, 0.25) is 10.0 Å². The number of benzene rings is 1. The molecule has 1 aromatic heterocycles. The van der Waals surface area contributed by atoms with Gasteiger partial charge in [0, 0.05) is 5.02 Å². The monoisotopic (exact) mass is 386 g/mol. The summed E-state index contributed by atoms with van der Waals surface area (Å²) in [4.78, 5) is 35.4. The second-order valence-electron chi connectivity index (χ2n) is 4.49. The molecule has 1 heterocycles. The summed E-state index contributed by atoms with van der Waals surface area (Å²) in [6, 6.07) is 7.95. The molecule has 0 aliphatic rings. The Kier molecular flexibility index (Phi) is 6.60. The average molecular weight is 387 g/mol. The minimum atomic E-state index is -0.729. The van der Waals surface area contributed by atoms with Crippen molar-refractivity contribution in [2.75, 3.05) is 18.5 Å². The van der Waals surface area contributed by atoms with Crippen LogP contribution in [0, 0.1) is 0 Å². The lowest BCUT2D eigenvalue weighted by atomic mass is 10.3. The van der Waals surface area contributed by atoms with Crippen LogP contribution in [-0.2, 0) is 14.3 Å². The van der Waals surface area contributed by atoms with Crippen LogP contribution in [0.15, 0.2) is 35.7 Å². The Balaban J connectivity index is 1.74. The first-order valence-corrected chi connectivity index (χ1v) is 8.31. The summed E-state index contributed by atoms with van der Waals surface area (Å²) in [6.45, 7) is -0.835. The van der Waals surface area contributed by atoms with Crippen molar-refractivity contribution in [1.82, 2.24) is 5.32 Å². The van der Waals surface area contributed by atoms with Crippen molar-refractivity contribution in [3.05, 3.63) is 50.6 Å². The normalized spacial score (nSPS) is 10.1. The van der Waals surface area contributed by atoms with Crippen molar-refractivity contribution >= 4 is 58.0 Å². The molecule has 6 nitrogen and oxygen atoms in total. The molecule has 0 fully saturated rings. The summed E-state index contributed by atoms with van der Waals surface area (Å²) in [5, 5.41) is 7.34. The summed E-state index contributed by atoms with van der Waals surface area (Å²) in [6.07, 6.45) is 0. The van der Waals surface area contributed by atoms with E-state index in [2.05, 4.69) is 10.6 Å². The highest BCUT2D eigenvalue weighted by Crippen LogP contribution is 2.25. The minimum absolute atomic E-state index is 0.308. The quantitative estimate of drug-likeness (QED) is 0.747. The lowest BCUT2D eigenvalue weighted by molar-refractivity contribution is -0.146. The van der Waals surface area contributed by atoms with E-state index in [9.17, 15) is 14.4 Å². The molecule has 24 heavy (non-hydrogen) atoms. The van der Waals surface area contributed by atoms with Crippen LogP contribution in [0.3, 0.4) is 0 Å². The zero-order valence-corrected chi connectivity index (χ0v) is 14.5. The summed E-state index contributed by atoms with van der Waals surface area (Å²) in [5.41, 5.74) is 0.316. The van der Waals surface area contributed by atoms with Crippen LogP contribution in [-0.4, -0.2) is 30.9 Å². The zero-order chi connectivity index (χ0) is 17.5. The Labute approximate surface area is 151 Å². The second-order valence-corrected chi connectivity index (χ2v) is 6.28. The average Bonchev–Trinajstić information content (AvgIpc) is 3.08. The summed E-state index contributed by atoms with van der Waals surface area (Å²) < 4.78 is 4.78. The first kappa shape index (κ1) is 18.3. The number of amides is 2. The van der Waals surface area contributed by atoms with E-state index in [1.807, 2.05) is 0 Å². The van der Waals surface area contributed by atoms with Gasteiger partial charge in [0.05, 0.1) is 15.6 Å². The van der Waals surface area contributed by atoms with Crippen molar-refractivity contribution in [2.45, 2.75) is 0 Å². The Morgan fingerprint density at radius 2 is 1.96 bits per heavy atom. The van der Waals surface area contributed by atoms with Crippen molar-refractivity contribution < 1.29 is 19.1 Å². The highest BCUT2D eigenvalue weighted by molar-refractivity contribution is 7.12. The molecule has 2 amide bonds. The van der Waals surface area contributed by atoms with Crippen LogP contribution in [0.5, 0.6) is 0 Å². The van der Waals surface area contributed by atoms with E-state index in [-0.39, 0.29) is 12.5 Å². The highest BCUT2D eigenvalue weighted by atomic mass is 35.5. The molecule has 0 radical (unpaired) electrons. The zero-order valence-electron chi connectivity index (χ0n) is 12.2. The van der Waals surface area contributed by atoms with Crippen molar-refractivity contribution in [1.29, 1.82) is 0 Å². The number of hydrogen-bond acceptors (Lipinski definition) is 5. The molecule has 0 spiro atoms. The van der Waals surface area contributed by atoms with E-state index in [1.54, 1.807) is 23.6 Å². The van der Waals surface area contributed by atoms with Gasteiger partial charge in [-0.1, -0.05) is 29.3 Å². The largest absolute Gasteiger partial charge is 0.454 e. The molecule has 126 valence electrons. The Bertz CT molecular complexity index is 750. The van der Waals surface area contributed by atoms with E-state index < -0.39 is 18.5 Å². The molecule has 0 unspecified atom stereocenters. The molecular formula is C15H12Cl2N2O4S. The molecule has 2 N–H and O–H groups in total. The van der Waals surface area contributed by atoms with Crippen LogP contribution in [0.1, 0.15) is 9.67 Å². The minimum Gasteiger partial charge on any atom is -0.454 e. The molecule has 0 saturated heterocycles. The van der Waals surface area contributed by atoms with E-state index in [1.165, 1.54) is 23.5 Å². The van der Waals surface area contributed by atoms with Crippen LogP contribution in [0.4, 0.5) is 5.69 Å². The number of halogens is 2. The molecular weight excluding hydrogens is 375 g/mol. The predicted octanol–water partition coefficient (Wildman–Crippen LogP) is 2.97. The Morgan fingerprint density at radius 3 is 2.67 bits per heavy atom. The van der Waals surface area contributed by atoms with Gasteiger partial charge in [-0.15, -0.1) is 11.3 Å². The van der Waals surface area contributed by atoms with Gasteiger partial charge in [0.15, 0.2) is 6.61 Å². The number of esters is 1. The van der Waals surface area contributed by atoms with Crippen LogP contribution in [0.25, 0.3) is 0 Å². The number of carbonyl (C=O) groups excluding carboxylic acids is 3. The molecule has 9 heteroatoms.